The van der Waals surface area contributed by atoms with E-state index in [4.69, 9.17) is 21.3 Å². The van der Waals surface area contributed by atoms with Crippen molar-refractivity contribution < 1.29 is 4.74 Å². The number of rotatable bonds is 7. The van der Waals surface area contributed by atoms with Crippen molar-refractivity contribution in [2.24, 2.45) is 10.9 Å². The number of nitrogens with one attached hydrogen (secondary N) is 2. The largest absolute Gasteiger partial charge is 0.379 e. The van der Waals surface area contributed by atoms with Crippen LogP contribution in [0.1, 0.15) is 31.4 Å². The summed E-state index contributed by atoms with van der Waals surface area (Å²) >= 11 is 6.23. The van der Waals surface area contributed by atoms with Crippen molar-refractivity contribution in [3.8, 4) is 0 Å². The van der Waals surface area contributed by atoms with E-state index in [2.05, 4.69) is 34.6 Å². The molecular formula is C19H29ClN4O. The predicted octanol–water partition coefficient (Wildman–Crippen LogP) is 2.68. The van der Waals surface area contributed by atoms with Crippen molar-refractivity contribution in [3.63, 3.8) is 0 Å². The van der Waals surface area contributed by atoms with Gasteiger partial charge in [0.25, 0.3) is 0 Å². The maximum Gasteiger partial charge on any atom is 0.191 e. The van der Waals surface area contributed by atoms with Gasteiger partial charge in [-0.1, -0.05) is 23.7 Å². The Kier molecular flexibility index (Phi) is 6.96. The van der Waals surface area contributed by atoms with Crippen LogP contribution >= 0.6 is 11.6 Å². The van der Waals surface area contributed by atoms with Crippen molar-refractivity contribution in [1.29, 1.82) is 0 Å². The minimum absolute atomic E-state index is 0.221. The summed E-state index contributed by atoms with van der Waals surface area (Å²) in [6.45, 7) is 8.12. The van der Waals surface area contributed by atoms with Gasteiger partial charge in [0, 0.05) is 31.2 Å². The van der Waals surface area contributed by atoms with Crippen LogP contribution in [0.2, 0.25) is 5.02 Å². The van der Waals surface area contributed by atoms with Crippen LogP contribution < -0.4 is 10.6 Å². The van der Waals surface area contributed by atoms with Gasteiger partial charge < -0.3 is 15.4 Å². The summed E-state index contributed by atoms with van der Waals surface area (Å²) in [6.07, 6.45) is 2.68. The Balaban J connectivity index is 1.71. The van der Waals surface area contributed by atoms with Gasteiger partial charge in [-0.2, -0.15) is 0 Å². The van der Waals surface area contributed by atoms with Crippen LogP contribution in [0.15, 0.2) is 29.3 Å². The number of hydrogen-bond acceptors (Lipinski definition) is 3. The van der Waals surface area contributed by atoms with E-state index in [0.717, 1.165) is 56.3 Å². The number of benzene rings is 1. The molecular weight excluding hydrogens is 336 g/mol. The van der Waals surface area contributed by atoms with Crippen LogP contribution in [-0.4, -0.2) is 56.8 Å². The highest BCUT2D eigenvalue weighted by atomic mass is 35.5. The van der Waals surface area contributed by atoms with Gasteiger partial charge >= 0.3 is 0 Å². The summed E-state index contributed by atoms with van der Waals surface area (Å²) in [5, 5.41) is 7.61. The van der Waals surface area contributed by atoms with Crippen molar-refractivity contribution in [2.75, 3.05) is 45.9 Å². The summed E-state index contributed by atoms with van der Waals surface area (Å²) in [5.74, 6) is 1.74. The third-order valence-corrected chi connectivity index (χ3v) is 4.98. The molecule has 1 saturated carbocycles. The lowest BCUT2D eigenvalue weighted by Gasteiger charge is -2.34. The third kappa shape index (κ3) is 5.87. The molecule has 25 heavy (non-hydrogen) atoms. The average Bonchev–Trinajstić information content (AvgIpc) is 3.45. The number of ether oxygens (including phenoxy) is 1. The van der Waals surface area contributed by atoms with Crippen molar-refractivity contribution in [2.45, 2.75) is 25.8 Å². The summed E-state index contributed by atoms with van der Waals surface area (Å²) < 4.78 is 5.52. The molecule has 1 aliphatic heterocycles. The number of halogens is 1. The Morgan fingerprint density at radius 1 is 1.32 bits per heavy atom. The fourth-order valence-electron chi connectivity index (χ4n) is 3.12. The topological polar surface area (TPSA) is 48.9 Å². The highest BCUT2D eigenvalue weighted by molar-refractivity contribution is 6.30. The third-order valence-electron chi connectivity index (χ3n) is 4.74. The van der Waals surface area contributed by atoms with Crippen LogP contribution in [0, 0.1) is 5.92 Å². The highest BCUT2D eigenvalue weighted by Crippen LogP contribution is 2.27. The number of aliphatic imine (C=N–C) groups is 1. The van der Waals surface area contributed by atoms with Crippen molar-refractivity contribution >= 4 is 17.6 Å². The van der Waals surface area contributed by atoms with Crippen LogP contribution in [-0.2, 0) is 4.74 Å². The molecule has 6 heteroatoms. The smallest absolute Gasteiger partial charge is 0.191 e. The molecule has 2 N–H and O–H groups in total. The van der Waals surface area contributed by atoms with Crippen LogP contribution in [0.5, 0.6) is 0 Å². The van der Waals surface area contributed by atoms with E-state index in [1.807, 2.05) is 12.1 Å². The zero-order valence-corrected chi connectivity index (χ0v) is 15.8. The lowest BCUT2D eigenvalue weighted by atomic mass is 10.0. The van der Waals surface area contributed by atoms with Gasteiger partial charge in [0.1, 0.15) is 0 Å². The Morgan fingerprint density at radius 2 is 2.12 bits per heavy atom. The first-order valence-corrected chi connectivity index (χ1v) is 9.73. The van der Waals surface area contributed by atoms with Gasteiger partial charge in [-0.05, 0) is 43.4 Å². The Morgan fingerprint density at radius 3 is 2.80 bits per heavy atom. The highest BCUT2D eigenvalue weighted by Gasteiger charge is 2.24. The van der Waals surface area contributed by atoms with Crippen molar-refractivity contribution in [3.05, 3.63) is 34.9 Å². The molecule has 1 saturated heterocycles. The SMILES string of the molecule is CCNC(=NCC(c1cccc(Cl)c1)N1CCOCC1)NCC1CC1. The summed E-state index contributed by atoms with van der Waals surface area (Å²) in [5.41, 5.74) is 1.22. The van der Waals surface area contributed by atoms with Crippen LogP contribution in [0.4, 0.5) is 0 Å². The predicted molar refractivity (Wildman–Crippen MR) is 103 cm³/mol. The molecule has 1 unspecified atom stereocenters. The first-order chi connectivity index (χ1) is 12.3. The summed E-state index contributed by atoms with van der Waals surface area (Å²) in [7, 11) is 0. The van der Waals surface area contributed by atoms with Gasteiger partial charge in [0.05, 0.1) is 25.8 Å². The minimum atomic E-state index is 0.221. The Labute approximate surface area is 155 Å². The monoisotopic (exact) mass is 364 g/mol. The molecule has 1 atom stereocenters. The molecule has 2 aliphatic rings. The normalized spacial score (nSPS) is 20.3. The maximum atomic E-state index is 6.23. The zero-order valence-electron chi connectivity index (χ0n) is 15.0. The second-order valence-electron chi connectivity index (χ2n) is 6.76. The molecule has 1 aromatic rings. The fourth-order valence-corrected chi connectivity index (χ4v) is 3.32. The minimum Gasteiger partial charge on any atom is -0.379 e. The van der Waals surface area contributed by atoms with Gasteiger partial charge in [0.2, 0.25) is 0 Å². The zero-order chi connectivity index (χ0) is 17.5. The van der Waals surface area contributed by atoms with Gasteiger partial charge in [-0.15, -0.1) is 0 Å². The van der Waals surface area contributed by atoms with Crippen LogP contribution in [0.25, 0.3) is 0 Å². The lowest BCUT2D eigenvalue weighted by Crippen LogP contribution is -2.42. The van der Waals surface area contributed by atoms with E-state index in [1.165, 1.54) is 18.4 Å². The number of morpholine rings is 1. The second-order valence-corrected chi connectivity index (χ2v) is 7.20. The van der Waals surface area contributed by atoms with Gasteiger partial charge in [-0.25, -0.2) is 0 Å². The molecule has 2 fully saturated rings. The molecule has 1 heterocycles. The van der Waals surface area contributed by atoms with E-state index in [9.17, 15) is 0 Å². The van der Waals surface area contributed by atoms with Gasteiger partial charge in [-0.3, -0.25) is 9.89 Å². The molecule has 0 amide bonds. The van der Waals surface area contributed by atoms with Crippen molar-refractivity contribution in [1.82, 2.24) is 15.5 Å². The molecule has 3 rings (SSSR count). The first kappa shape index (κ1) is 18.5. The average molecular weight is 365 g/mol. The molecule has 0 spiro atoms. The number of guanidine groups is 1. The van der Waals surface area contributed by atoms with E-state index in [1.54, 1.807) is 0 Å². The van der Waals surface area contributed by atoms with Gasteiger partial charge in [0.15, 0.2) is 5.96 Å². The van der Waals surface area contributed by atoms with E-state index in [-0.39, 0.29) is 6.04 Å². The quantitative estimate of drug-likeness (QED) is 0.577. The maximum absolute atomic E-state index is 6.23. The Hall–Kier alpha value is -1.30. The first-order valence-electron chi connectivity index (χ1n) is 9.35. The lowest BCUT2D eigenvalue weighted by molar-refractivity contribution is 0.0180. The summed E-state index contributed by atoms with van der Waals surface area (Å²) in [6, 6.07) is 8.37. The second kappa shape index (κ2) is 9.41. The molecule has 0 aromatic heterocycles. The number of nitrogens with zero attached hydrogens (tertiary/aromatic N) is 2. The molecule has 1 aromatic carbocycles. The molecule has 1 aliphatic carbocycles. The Bertz CT molecular complexity index is 570. The molecule has 138 valence electrons. The van der Waals surface area contributed by atoms with E-state index >= 15 is 0 Å². The van der Waals surface area contributed by atoms with E-state index < -0.39 is 0 Å². The molecule has 0 radical (unpaired) electrons. The van der Waals surface area contributed by atoms with E-state index in [0.29, 0.717) is 6.54 Å². The molecule has 0 bridgehead atoms. The van der Waals surface area contributed by atoms with Crippen LogP contribution in [0.3, 0.4) is 0 Å². The standard InChI is InChI=1S/C19H29ClN4O/c1-2-21-19(22-13-15-6-7-15)23-14-18(24-8-10-25-11-9-24)16-4-3-5-17(20)12-16/h3-5,12,15,18H,2,6-11,13-14H2,1H3,(H2,21,22,23). The number of hydrogen-bond donors (Lipinski definition) is 2. The summed E-state index contributed by atoms with van der Waals surface area (Å²) in [4.78, 5) is 7.31. The molecule has 5 nitrogen and oxygen atoms in total. The fraction of sp³-hybridized carbons (Fsp3) is 0.632.